The number of carbonyl (C=O) groups excluding carboxylic acids is 1. The molecule has 0 unspecified atom stereocenters. The van der Waals surface area contributed by atoms with Gasteiger partial charge in [0.2, 0.25) is 0 Å². The van der Waals surface area contributed by atoms with Crippen LogP contribution in [-0.2, 0) is 35.0 Å². The number of hydrogen-bond acceptors (Lipinski definition) is 5. The van der Waals surface area contributed by atoms with Gasteiger partial charge in [-0.25, -0.2) is 9.78 Å². The van der Waals surface area contributed by atoms with E-state index in [0.29, 0.717) is 28.4 Å². The van der Waals surface area contributed by atoms with Crippen LogP contribution in [0.2, 0.25) is 0 Å². The molecule has 4 aromatic rings. The molecule has 0 atom stereocenters. The number of aryl methyl sites for hydroxylation is 1. The van der Waals surface area contributed by atoms with E-state index in [1.807, 2.05) is 24.0 Å². The van der Waals surface area contributed by atoms with E-state index in [4.69, 9.17) is 14.5 Å². The van der Waals surface area contributed by atoms with Gasteiger partial charge in [-0.05, 0) is 86.8 Å². The third kappa shape index (κ3) is 8.55. The molecule has 1 heterocycles. The molecule has 0 aliphatic carbocycles. The van der Waals surface area contributed by atoms with Crippen molar-refractivity contribution in [3.05, 3.63) is 113 Å². The van der Waals surface area contributed by atoms with Crippen LogP contribution in [0.4, 0.5) is 32.2 Å². The fourth-order valence-electron chi connectivity index (χ4n) is 4.59. The SMILES string of the molecule is CCOC(=O)C(C)(C)Oc1ccc(CN(Cc2ccc(C(F)(F)F)cc2)c2cccc(-c3ccc(C(F)(F)F)cc3)n2)cc1C. The summed E-state index contributed by atoms with van der Waals surface area (Å²) < 4.78 is 89.8. The standard InChI is InChI=1S/C34H32F6N2O3/c1-5-44-31(43)32(3,4)45-29-18-11-24(19-22(29)2)21-42(20-23-9-14-26(15-10-23)33(35,36)37)30-8-6-7-28(41-30)25-12-16-27(17-13-25)34(38,39)40/h6-19H,5,20-21H2,1-4H3. The van der Waals surface area contributed by atoms with E-state index < -0.39 is 35.0 Å². The Morgan fingerprint density at radius 2 is 1.33 bits per heavy atom. The summed E-state index contributed by atoms with van der Waals surface area (Å²) in [5, 5.41) is 0. The van der Waals surface area contributed by atoms with E-state index in [2.05, 4.69) is 0 Å². The Kier molecular flexibility index (Phi) is 9.79. The van der Waals surface area contributed by atoms with Gasteiger partial charge in [0.05, 0.1) is 23.4 Å². The lowest BCUT2D eigenvalue weighted by Crippen LogP contribution is -2.39. The van der Waals surface area contributed by atoms with Crippen molar-refractivity contribution in [1.82, 2.24) is 4.98 Å². The quantitative estimate of drug-likeness (QED) is 0.129. The van der Waals surface area contributed by atoms with E-state index in [0.717, 1.165) is 35.4 Å². The van der Waals surface area contributed by atoms with Crippen molar-refractivity contribution in [3.63, 3.8) is 0 Å². The molecule has 11 heteroatoms. The van der Waals surface area contributed by atoms with Crippen LogP contribution in [0.1, 0.15) is 48.6 Å². The molecule has 238 valence electrons. The molecule has 0 aliphatic rings. The third-order valence-corrected chi connectivity index (χ3v) is 6.97. The molecule has 0 bridgehead atoms. The maximum Gasteiger partial charge on any atom is 0.416 e. The number of aromatic nitrogens is 1. The lowest BCUT2D eigenvalue weighted by Gasteiger charge is -2.27. The van der Waals surface area contributed by atoms with Crippen LogP contribution < -0.4 is 9.64 Å². The second-order valence-electron chi connectivity index (χ2n) is 10.9. The molecular formula is C34H32F6N2O3. The zero-order chi connectivity index (χ0) is 33.0. The number of anilines is 1. The van der Waals surface area contributed by atoms with Crippen LogP contribution in [0, 0.1) is 6.92 Å². The lowest BCUT2D eigenvalue weighted by atomic mass is 10.1. The van der Waals surface area contributed by atoms with Crippen molar-refractivity contribution in [2.24, 2.45) is 0 Å². The van der Waals surface area contributed by atoms with Crippen molar-refractivity contribution in [1.29, 1.82) is 0 Å². The van der Waals surface area contributed by atoms with Crippen LogP contribution >= 0.6 is 0 Å². The number of halogens is 6. The minimum Gasteiger partial charge on any atom is -0.476 e. The van der Waals surface area contributed by atoms with Gasteiger partial charge in [0.1, 0.15) is 11.6 Å². The number of benzene rings is 3. The van der Waals surface area contributed by atoms with Crippen LogP contribution in [0.3, 0.4) is 0 Å². The highest BCUT2D eigenvalue weighted by Crippen LogP contribution is 2.33. The fourth-order valence-corrected chi connectivity index (χ4v) is 4.59. The van der Waals surface area contributed by atoms with E-state index in [-0.39, 0.29) is 19.7 Å². The first kappa shape index (κ1) is 33.4. The summed E-state index contributed by atoms with van der Waals surface area (Å²) in [6.45, 7) is 7.44. The van der Waals surface area contributed by atoms with E-state index >= 15 is 0 Å². The van der Waals surface area contributed by atoms with Crippen LogP contribution in [0.15, 0.2) is 84.9 Å². The molecule has 0 saturated carbocycles. The number of ether oxygens (including phenoxy) is 2. The van der Waals surface area contributed by atoms with Gasteiger partial charge in [-0.2, -0.15) is 26.3 Å². The van der Waals surface area contributed by atoms with Gasteiger partial charge in [0, 0.05) is 18.7 Å². The number of carbonyl (C=O) groups is 1. The monoisotopic (exact) mass is 630 g/mol. The highest BCUT2D eigenvalue weighted by atomic mass is 19.4. The summed E-state index contributed by atoms with van der Waals surface area (Å²) in [7, 11) is 0. The molecule has 4 rings (SSSR count). The van der Waals surface area contributed by atoms with Gasteiger partial charge in [-0.3, -0.25) is 0 Å². The van der Waals surface area contributed by atoms with Gasteiger partial charge >= 0.3 is 18.3 Å². The van der Waals surface area contributed by atoms with Gasteiger partial charge in [0.15, 0.2) is 5.60 Å². The zero-order valence-electron chi connectivity index (χ0n) is 25.1. The Balaban J connectivity index is 1.65. The number of hydrogen-bond donors (Lipinski definition) is 0. The van der Waals surface area contributed by atoms with Crippen molar-refractivity contribution >= 4 is 11.8 Å². The molecule has 1 aromatic heterocycles. The zero-order valence-corrected chi connectivity index (χ0v) is 25.1. The maximum atomic E-state index is 13.2. The third-order valence-electron chi connectivity index (χ3n) is 6.97. The van der Waals surface area contributed by atoms with E-state index in [9.17, 15) is 31.1 Å². The molecule has 0 aliphatic heterocycles. The summed E-state index contributed by atoms with van der Waals surface area (Å²) in [6.07, 6.45) is -8.95. The van der Waals surface area contributed by atoms with Crippen molar-refractivity contribution < 1.29 is 40.6 Å². The van der Waals surface area contributed by atoms with Crippen molar-refractivity contribution in [2.75, 3.05) is 11.5 Å². The Hall–Kier alpha value is -4.54. The molecular weight excluding hydrogens is 598 g/mol. The average molecular weight is 631 g/mol. The largest absolute Gasteiger partial charge is 0.476 e. The summed E-state index contributed by atoms with van der Waals surface area (Å²) in [5.41, 5.74) is 0.294. The minimum absolute atomic E-state index is 0.189. The van der Waals surface area contributed by atoms with E-state index in [1.54, 1.807) is 45.0 Å². The molecule has 5 nitrogen and oxygen atoms in total. The Labute approximate surface area is 257 Å². The van der Waals surface area contributed by atoms with Gasteiger partial charge < -0.3 is 14.4 Å². The van der Waals surface area contributed by atoms with Gasteiger partial charge in [0.25, 0.3) is 0 Å². The van der Waals surface area contributed by atoms with Crippen LogP contribution in [0.5, 0.6) is 5.75 Å². The van der Waals surface area contributed by atoms with Crippen molar-refractivity contribution in [3.8, 4) is 17.0 Å². The fraction of sp³-hybridized carbons (Fsp3) is 0.294. The molecule has 45 heavy (non-hydrogen) atoms. The van der Waals surface area contributed by atoms with E-state index in [1.165, 1.54) is 24.3 Å². The molecule has 0 spiro atoms. The predicted octanol–water partition coefficient (Wildman–Crippen LogP) is 9.02. The molecule has 0 N–H and O–H groups in total. The molecule has 0 radical (unpaired) electrons. The first-order chi connectivity index (χ1) is 21.1. The Bertz CT molecular complexity index is 1620. The molecule has 3 aromatic carbocycles. The first-order valence-electron chi connectivity index (χ1n) is 14.1. The number of rotatable bonds is 10. The van der Waals surface area contributed by atoms with Crippen LogP contribution in [0.25, 0.3) is 11.3 Å². The van der Waals surface area contributed by atoms with Crippen molar-refractivity contribution in [2.45, 2.75) is 58.7 Å². The van der Waals surface area contributed by atoms with Gasteiger partial charge in [-0.15, -0.1) is 0 Å². The van der Waals surface area contributed by atoms with Crippen LogP contribution in [-0.4, -0.2) is 23.2 Å². The Morgan fingerprint density at radius 1 is 0.778 bits per heavy atom. The number of alkyl halides is 6. The highest BCUT2D eigenvalue weighted by molar-refractivity contribution is 5.79. The highest BCUT2D eigenvalue weighted by Gasteiger charge is 2.33. The summed E-state index contributed by atoms with van der Waals surface area (Å²) >= 11 is 0. The molecule has 0 saturated heterocycles. The summed E-state index contributed by atoms with van der Waals surface area (Å²) in [5.74, 6) is 0.442. The summed E-state index contributed by atoms with van der Waals surface area (Å²) in [6, 6.07) is 20.0. The Morgan fingerprint density at radius 3 is 1.89 bits per heavy atom. The number of nitrogens with zero attached hydrogens (tertiary/aromatic N) is 2. The number of pyridine rings is 1. The second-order valence-corrected chi connectivity index (χ2v) is 10.9. The predicted molar refractivity (Wildman–Crippen MR) is 159 cm³/mol. The smallest absolute Gasteiger partial charge is 0.416 e. The molecule has 0 fully saturated rings. The maximum absolute atomic E-state index is 13.2. The van der Waals surface area contributed by atoms with Gasteiger partial charge in [-0.1, -0.05) is 42.5 Å². The summed E-state index contributed by atoms with van der Waals surface area (Å²) in [4.78, 5) is 18.9. The lowest BCUT2D eigenvalue weighted by molar-refractivity contribution is -0.158. The first-order valence-corrected chi connectivity index (χ1v) is 14.1. The minimum atomic E-state index is -4.47. The number of esters is 1. The normalized spacial score (nSPS) is 12.1. The molecule has 0 amide bonds. The topological polar surface area (TPSA) is 51.7 Å². The average Bonchev–Trinajstić information content (AvgIpc) is 2.98. The second kappa shape index (κ2) is 13.2.